The van der Waals surface area contributed by atoms with Gasteiger partial charge in [0, 0.05) is 18.6 Å². The molecule has 0 radical (unpaired) electrons. The van der Waals surface area contributed by atoms with Crippen LogP contribution in [0.2, 0.25) is 0 Å². The fourth-order valence-electron chi connectivity index (χ4n) is 1.19. The van der Waals surface area contributed by atoms with E-state index in [1.165, 1.54) is 0 Å². The second kappa shape index (κ2) is 7.66. The number of unbranched alkanes of at least 4 members (excludes halogenated alkanes) is 2. The molecule has 0 unspecified atom stereocenters. The van der Waals surface area contributed by atoms with Crippen molar-refractivity contribution < 1.29 is 9.53 Å². The van der Waals surface area contributed by atoms with E-state index in [0.717, 1.165) is 32.4 Å². The number of nitrogens with one attached hydrogen (secondary N) is 1. The topological polar surface area (TPSA) is 38.3 Å². The summed E-state index contributed by atoms with van der Waals surface area (Å²) in [5, 5.41) is 2.94. The number of rotatable bonds is 7. The molecule has 0 aromatic carbocycles. The third kappa shape index (κ3) is 8.72. The summed E-state index contributed by atoms with van der Waals surface area (Å²) >= 11 is 0. The number of carbonyl (C=O) groups is 1. The molecule has 16 heavy (non-hydrogen) atoms. The fourth-order valence-corrected chi connectivity index (χ4v) is 1.19. The van der Waals surface area contributed by atoms with Crippen molar-refractivity contribution >= 4 is 5.91 Å². The summed E-state index contributed by atoms with van der Waals surface area (Å²) in [5.74, 6) is 0.130. The van der Waals surface area contributed by atoms with Crippen LogP contribution < -0.4 is 5.32 Å². The van der Waals surface area contributed by atoms with Crippen LogP contribution in [0.15, 0.2) is 0 Å². The SMILES string of the molecule is CC(C)OCCCCCNC(=O)C(C)(C)C. The van der Waals surface area contributed by atoms with Crippen LogP contribution in [0.3, 0.4) is 0 Å². The second-order valence-corrected chi connectivity index (χ2v) is 5.49. The third-order valence-electron chi connectivity index (χ3n) is 2.24. The Labute approximate surface area is 99.9 Å². The maximum Gasteiger partial charge on any atom is 0.225 e. The monoisotopic (exact) mass is 229 g/mol. The lowest BCUT2D eigenvalue weighted by molar-refractivity contribution is -0.128. The van der Waals surface area contributed by atoms with Gasteiger partial charge in [0.05, 0.1) is 6.10 Å². The van der Waals surface area contributed by atoms with Crippen molar-refractivity contribution in [3.05, 3.63) is 0 Å². The number of ether oxygens (including phenoxy) is 1. The number of hydrogen-bond acceptors (Lipinski definition) is 2. The Morgan fingerprint density at radius 3 is 2.31 bits per heavy atom. The van der Waals surface area contributed by atoms with E-state index >= 15 is 0 Å². The van der Waals surface area contributed by atoms with Crippen molar-refractivity contribution in [2.75, 3.05) is 13.2 Å². The standard InChI is InChI=1S/C13H27NO2/c1-11(2)16-10-8-6-7-9-14-12(15)13(3,4)5/h11H,6-10H2,1-5H3,(H,14,15). The van der Waals surface area contributed by atoms with Gasteiger partial charge in [0.1, 0.15) is 0 Å². The number of hydrogen-bond donors (Lipinski definition) is 1. The molecule has 0 spiro atoms. The van der Waals surface area contributed by atoms with Gasteiger partial charge in [-0.15, -0.1) is 0 Å². The molecule has 3 heteroatoms. The minimum absolute atomic E-state index is 0.130. The maximum absolute atomic E-state index is 11.5. The minimum Gasteiger partial charge on any atom is -0.379 e. The van der Waals surface area contributed by atoms with E-state index < -0.39 is 0 Å². The van der Waals surface area contributed by atoms with E-state index in [-0.39, 0.29) is 11.3 Å². The summed E-state index contributed by atoms with van der Waals surface area (Å²) in [6, 6.07) is 0. The third-order valence-corrected chi connectivity index (χ3v) is 2.24. The lowest BCUT2D eigenvalue weighted by atomic mass is 9.96. The molecule has 0 rings (SSSR count). The molecule has 0 aromatic rings. The van der Waals surface area contributed by atoms with Crippen molar-refractivity contribution in [3.63, 3.8) is 0 Å². The predicted molar refractivity (Wildman–Crippen MR) is 67.4 cm³/mol. The van der Waals surface area contributed by atoms with Crippen LogP contribution in [-0.4, -0.2) is 25.2 Å². The van der Waals surface area contributed by atoms with E-state index in [4.69, 9.17) is 4.74 Å². The maximum atomic E-state index is 11.5. The molecule has 1 amide bonds. The van der Waals surface area contributed by atoms with Crippen LogP contribution in [-0.2, 0) is 9.53 Å². The van der Waals surface area contributed by atoms with Gasteiger partial charge >= 0.3 is 0 Å². The van der Waals surface area contributed by atoms with Gasteiger partial charge < -0.3 is 10.1 Å². The highest BCUT2D eigenvalue weighted by Crippen LogP contribution is 2.12. The first-order valence-corrected chi connectivity index (χ1v) is 6.24. The Morgan fingerprint density at radius 2 is 1.81 bits per heavy atom. The lowest BCUT2D eigenvalue weighted by Crippen LogP contribution is -2.35. The summed E-state index contributed by atoms with van der Waals surface area (Å²) < 4.78 is 5.44. The average molecular weight is 229 g/mol. The molecule has 96 valence electrons. The summed E-state index contributed by atoms with van der Waals surface area (Å²) in [7, 11) is 0. The first-order chi connectivity index (χ1) is 7.34. The molecule has 0 atom stereocenters. The predicted octanol–water partition coefficient (Wildman–Crippen LogP) is 2.74. The van der Waals surface area contributed by atoms with Crippen LogP contribution in [0.25, 0.3) is 0 Å². The Bertz CT molecular complexity index is 195. The zero-order valence-corrected chi connectivity index (χ0v) is 11.4. The van der Waals surface area contributed by atoms with Gasteiger partial charge in [0.2, 0.25) is 5.91 Å². The zero-order valence-electron chi connectivity index (χ0n) is 11.4. The average Bonchev–Trinajstić information content (AvgIpc) is 2.14. The van der Waals surface area contributed by atoms with Gasteiger partial charge in [-0.3, -0.25) is 4.79 Å². The summed E-state index contributed by atoms with van der Waals surface area (Å²) in [4.78, 5) is 11.5. The molecule has 1 N–H and O–H groups in total. The number of amides is 1. The van der Waals surface area contributed by atoms with Crippen LogP contribution in [0, 0.1) is 5.41 Å². The Hall–Kier alpha value is -0.570. The second-order valence-electron chi connectivity index (χ2n) is 5.49. The fraction of sp³-hybridized carbons (Fsp3) is 0.923. The van der Waals surface area contributed by atoms with Crippen molar-refractivity contribution in [2.45, 2.75) is 60.0 Å². The Kier molecular flexibility index (Phi) is 7.39. The van der Waals surface area contributed by atoms with Gasteiger partial charge in [0.25, 0.3) is 0 Å². The van der Waals surface area contributed by atoms with E-state index in [1.54, 1.807) is 0 Å². The van der Waals surface area contributed by atoms with E-state index in [2.05, 4.69) is 5.32 Å². The molecule has 0 aromatic heterocycles. The summed E-state index contributed by atoms with van der Waals surface area (Å²) in [6.07, 6.45) is 3.53. The molecule has 0 bridgehead atoms. The molecule has 0 saturated heterocycles. The quantitative estimate of drug-likeness (QED) is 0.682. The van der Waals surface area contributed by atoms with Gasteiger partial charge in [-0.05, 0) is 33.1 Å². The molecule has 0 heterocycles. The van der Waals surface area contributed by atoms with Crippen LogP contribution in [0.1, 0.15) is 53.9 Å². The van der Waals surface area contributed by atoms with Gasteiger partial charge in [-0.2, -0.15) is 0 Å². The van der Waals surface area contributed by atoms with Gasteiger partial charge in [-0.1, -0.05) is 20.8 Å². The normalized spacial score (nSPS) is 11.9. The van der Waals surface area contributed by atoms with Crippen LogP contribution in [0.5, 0.6) is 0 Å². The van der Waals surface area contributed by atoms with Crippen molar-refractivity contribution in [1.29, 1.82) is 0 Å². The highest BCUT2D eigenvalue weighted by Gasteiger charge is 2.19. The minimum atomic E-state index is -0.277. The van der Waals surface area contributed by atoms with Gasteiger partial charge in [0.15, 0.2) is 0 Å². The summed E-state index contributed by atoms with van der Waals surface area (Å²) in [6.45, 7) is 11.5. The van der Waals surface area contributed by atoms with Crippen molar-refractivity contribution in [2.24, 2.45) is 5.41 Å². The molecular formula is C13H27NO2. The largest absolute Gasteiger partial charge is 0.379 e. The van der Waals surface area contributed by atoms with Crippen molar-refractivity contribution in [1.82, 2.24) is 5.32 Å². The van der Waals surface area contributed by atoms with Crippen LogP contribution >= 0.6 is 0 Å². The molecule has 3 nitrogen and oxygen atoms in total. The Balaban J connectivity index is 3.31. The highest BCUT2D eigenvalue weighted by atomic mass is 16.5. The number of carbonyl (C=O) groups excluding carboxylic acids is 1. The van der Waals surface area contributed by atoms with Crippen molar-refractivity contribution in [3.8, 4) is 0 Å². The Morgan fingerprint density at radius 1 is 1.19 bits per heavy atom. The molecular weight excluding hydrogens is 202 g/mol. The van der Waals surface area contributed by atoms with E-state index in [9.17, 15) is 4.79 Å². The van der Waals surface area contributed by atoms with E-state index in [0.29, 0.717) is 6.10 Å². The lowest BCUT2D eigenvalue weighted by Gasteiger charge is -2.17. The molecule has 0 aliphatic rings. The highest BCUT2D eigenvalue weighted by molar-refractivity contribution is 5.81. The molecule has 0 saturated carbocycles. The van der Waals surface area contributed by atoms with Gasteiger partial charge in [-0.25, -0.2) is 0 Å². The van der Waals surface area contributed by atoms with E-state index in [1.807, 2.05) is 34.6 Å². The molecule has 0 fully saturated rings. The molecule has 0 aliphatic heterocycles. The first-order valence-electron chi connectivity index (χ1n) is 6.24. The zero-order chi connectivity index (χ0) is 12.6. The first kappa shape index (κ1) is 15.4. The smallest absolute Gasteiger partial charge is 0.225 e. The van der Waals surface area contributed by atoms with Crippen LogP contribution in [0.4, 0.5) is 0 Å². The molecule has 0 aliphatic carbocycles. The summed E-state index contributed by atoms with van der Waals surface area (Å²) in [5.41, 5.74) is -0.277.